The summed E-state index contributed by atoms with van der Waals surface area (Å²) in [5.41, 5.74) is 5.67. The predicted octanol–water partition coefficient (Wildman–Crippen LogP) is 3.10. The van der Waals surface area contributed by atoms with Gasteiger partial charge in [0.25, 0.3) is 11.6 Å². The van der Waals surface area contributed by atoms with Gasteiger partial charge in [-0.3, -0.25) is 35.9 Å². The molecule has 9 heteroatoms. The second-order valence-corrected chi connectivity index (χ2v) is 6.51. The minimum Gasteiger partial charge on any atom is -0.298 e. The Balaban J connectivity index is 1.53. The van der Waals surface area contributed by atoms with E-state index in [2.05, 4.69) is 16.2 Å². The Kier molecular flexibility index (Phi) is 6.46. The molecule has 0 spiro atoms. The lowest BCUT2D eigenvalue weighted by Crippen LogP contribution is -2.48. The van der Waals surface area contributed by atoms with Crippen molar-refractivity contribution < 1.29 is 14.5 Å². The third-order valence-electron chi connectivity index (χ3n) is 4.10. The number of hydrogen-bond donors (Lipinski definition) is 3. The average Bonchev–Trinajstić information content (AvgIpc) is 2.76. The Hall–Kier alpha value is -4.11. The maximum absolute atomic E-state index is 12.1. The minimum absolute atomic E-state index is 0.0992. The number of nitrogens with one attached hydrogen (secondary N) is 3. The van der Waals surface area contributed by atoms with Crippen LogP contribution in [0.5, 0.6) is 0 Å². The number of nitro benzene ring substituents is 1. The first-order valence-corrected chi connectivity index (χ1v) is 9.16. The molecule has 0 unspecified atom stereocenters. The Morgan fingerprint density at radius 1 is 0.933 bits per heavy atom. The van der Waals surface area contributed by atoms with Crippen LogP contribution in [0.2, 0.25) is 0 Å². The fraction of sp³-hybridized carbons (Fsp3) is 0. The Bertz CT molecular complexity index is 1150. The van der Waals surface area contributed by atoms with Crippen molar-refractivity contribution in [3.05, 3.63) is 94.0 Å². The number of non-ortho nitro benzene ring substituents is 1. The van der Waals surface area contributed by atoms with Gasteiger partial charge in [0.2, 0.25) is 5.91 Å². The van der Waals surface area contributed by atoms with Gasteiger partial charge in [-0.05, 0) is 46.8 Å². The molecule has 150 valence electrons. The van der Waals surface area contributed by atoms with Gasteiger partial charge in [0.15, 0.2) is 5.11 Å². The number of amides is 2. The summed E-state index contributed by atoms with van der Waals surface area (Å²) in [7, 11) is 0. The highest BCUT2D eigenvalue weighted by Gasteiger charge is 2.10. The number of hydrogen-bond acceptors (Lipinski definition) is 5. The molecule has 0 aliphatic carbocycles. The third-order valence-corrected chi connectivity index (χ3v) is 4.31. The molecule has 3 rings (SSSR count). The summed E-state index contributed by atoms with van der Waals surface area (Å²) in [5, 5.41) is 15.0. The molecule has 0 heterocycles. The largest absolute Gasteiger partial charge is 0.298 e. The van der Waals surface area contributed by atoms with Crippen LogP contribution in [0.25, 0.3) is 16.8 Å². The maximum Gasteiger partial charge on any atom is 0.269 e. The van der Waals surface area contributed by atoms with E-state index in [-0.39, 0.29) is 16.4 Å². The van der Waals surface area contributed by atoms with Gasteiger partial charge in [0, 0.05) is 23.8 Å². The number of thiocarbonyl (C=S) groups is 1. The van der Waals surface area contributed by atoms with Gasteiger partial charge in [0.1, 0.15) is 0 Å². The molecule has 0 aliphatic rings. The molecule has 0 atom stereocenters. The van der Waals surface area contributed by atoms with Crippen molar-refractivity contribution in [2.24, 2.45) is 0 Å². The van der Waals surface area contributed by atoms with E-state index in [1.165, 1.54) is 30.3 Å². The molecular weight excluding hydrogens is 404 g/mol. The summed E-state index contributed by atoms with van der Waals surface area (Å²) < 4.78 is 0. The second kappa shape index (κ2) is 9.39. The monoisotopic (exact) mass is 420 g/mol. The molecule has 3 aromatic rings. The summed E-state index contributed by atoms with van der Waals surface area (Å²) in [5.74, 6) is -1.03. The van der Waals surface area contributed by atoms with Crippen LogP contribution in [0.1, 0.15) is 15.9 Å². The van der Waals surface area contributed by atoms with Crippen LogP contribution in [0.3, 0.4) is 0 Å². The van der Waals surface area contributed by atoms with Crippen molar-refractivity contribution >= 4 is 51.7 Å². The number of benzene rings is 3. The Labute approximate surface area is 176 Å². The van der Waals surface area contributed by atoms with E-state index in [0.29, 0.717) is 0 Å². The van der Waals surface area contributed by atoms with Gasteiger partial charge in [0.05, 0.1) is 4.92 Å². The Morgan fingerprint density at radius 2 is 1.63 bits per heavy atom. The predicted molar refractivity (Wildman–Crippen MR) is 117 cm³/mol. The number of nitrogens with zero attached hydrogens (tertiary/aromatic N) is 1. The zero-order chi connectivity index (χ0) is 21.5. The molecular formula is C21H16N4O4S. The molecule has 0 aliphatic heterocycles. The Morgan fingerprint density at radius 3 is 2.37 bits per heavy atom. The fourth-order valence-corrected chi connectivity index (χ4v) is 2.82. The third kappa shape index (κ3) is 5.24. The van der Waals surface area contributed by atoms with Crippen molar-refractivity contribution in [1.82, 2.24) is 16.2 Å². The summed E-state index contributed by atoms with van der Waals surface area (Å²) >= 11 is 4.98. The highest BCUT2D eigenvalue weighted by atomic mass is 32.1. The lowest BCUT2D eigenvalue weighted by atomic mass is 10.0. The molecule has 3 aromatic carbocycles. The first kappa shape index (κ1) is 20.6. The summed E-state index contributed by atoms with van der Waals surface area (Å²) in [6.45, 7) is 0. The van der Waals surface area contributed by atoms with Gasteiger partial charge in [-0.1, -0.05) is 42.5 Å². The molecule has 3 N–H and O–H groups in total. The topological polar surface area (TPSA) is 113 Å². The molecule has 30 heavy (non-hydrogen) atoms. The normalized spacial score (nSPS) is 10.5. The van der Waals surface area contributed by atoms with E-state index in [4.69, 9.17) is 12.2 Å². The average molecular weight is 420 g/mol. The van der Waals surface area contributed by atoms with E-state index >= 15 is 0 Å². The van der Waals surface area contributed by atoms with Crippen LogP contribution in [0.4, 0.5) is 5.69 Å². The number of nitro groups is 1. The lowest BCUT2D eigenvalue weighted by molar-refractivity contribution is -0.384. The summed E-state index contributed by atoms with van der Waals surface area (Å²) in [4.78, 5) is 34.2. The van der Waals surface area contributed by atoms with E-state index in [9.17, 15) is 19.7 Å². The van der Waals surface area contributed by atoms with E-state index in [0.717, 1.165) is 16.3 Å². The minimum atomic E-state index is -0.562. The van der Waals surface area contributed by atoms with Gasteiger partial charge in [-0.2, -0.15) is 0 Å². The molecule has 0 saturated carbocycles. The zero-order valence-electron chi connectivity index (χ0n) is 15.5. The van der Waals surface area contributed by atoms with Crippen LogP contribution in [0.15, 0.2) is 72.8 Å². The maximum atomic E-state index is 12.1. The molecule has 8 nitrogen and oxygen atoms in total. The molecule has 0 fully saturated rings. The molecule has 2 amide bonds. The van der Waals surface area contributed by atoms with Crippen molar-refractivity contribution in [2.45, 2.75) is 0 Å². The van der Waals surface area contributed by atoms with E-state index in [1.54, 1.807) is 6.08 Å². The second-order valence-electron chi connectivity index (χ2n) is 6.10. The fourth-order valence-electron chi connectivity index (χ4n) is 2.67. The summed E-state index contributed by atoms with van der Waals surface area (Å²) in [6.07, 6.45) is 3.02. The smallest absolute Gasteiger partial charge is 0.269 e. The molecule has 0 aromatic heterocycles. The molecule has 0 saturated heterocycles. The number of fused-ring (bicyclic) bond motifs is 1. The number of carbonyl (C=O) groups is 2. The summed E-state index contributed by atoms with van der Waals surface area (Å²) in [6, 6.07) is 18.6. The van der Waals surface area contributed by atoms with Gasteiger partial charge in [-0.25, -0.2) is 0 Å². The van der Waals surface area contributed by atoms with Crippen LogP contribution in [-0.2, 0) is 4.79 Å². The SMILES string of the molecule is O=C(/C=C/c1cccc2ccccc12)NC(=S)NNC(=O)c1ccc([N+](=O)[O-])cc1. The quantitative estimate of drug-likeness (QED) is 0.259. The van der Waals surface area contributed by atoms with Crippen LogP contribution in [-0.4, -0.2) is 21.9 Å². The zero-order valence-corrected chi connectivity index (χ0v) is 16.3. The number of hydrazine groups is 1. The first-order chi connectivity index (χ1) is 14.4. The van der Waals surface area contributed by atoms with Gasteiger partial charge < -0.3 is 0 Å². The highest BCUT2D eigenvalue weighted by Crippen LogP contribution is 2.19. The van der Waals surface area contributed by atoms with Crippen molar-refractivity contribution in [2.75, 3.05) is 0 Å². The number of carbonyl (C=O) groups excluding carboxylic acids is 2. The standard InChI is InChI=1S/C21H16N4O4S/c26-19(13-10-15-6-3-5-14-4-1-2-7-18(14)15)22-21(30)24-23-20(27)16-8-11-17(12-9-16)25(28)29/h1-13H,(H,23,27)(H2,22,24,26,30)/b13-10+. The van der Waals surface area contributed by atoms with Crippen LogP contribution >= 0.6 is 12.2 Å². The van der Waals surface area contributed by atoms with E-state index in [1.807, 2.05) is 42.5 Å². The van der Waals surface area contributed by atoms with Crippen LogP contribution < -0.4 is 16.2 Å². The first-order valence-electron chi connectivity index (χ1n) is 8.75. The van der Waals surface area contributed by atoms with Crippen molar-refractivity contribution in [3.63, 3.8) is 0 Å². The van der Waals surface area contributed by atoms with Gasteiger partial charge >= 0.3 is 0 Å². The number of rotatable bonds is 4. The highest BCUT2D eigenvalue weighted by molar-refractivity contribution is 7.80. The van der Waals surface area contributed by atoms with Crippen LogP contribution in [0, 0.1) is 10.1 Å². The van der Waals surface area contributed by atoms with Crippen molar-refractivity contribution in [3.8, 4) is 0 Å². The lowest BCUT2D eigenvalue weighted by Gasteiger charge is -2.09. The molecule has 0 radical (unpaired) electrons. The van der Waals surface area contributed by atoms with Gasteiger partial charge in [-0.15, -0.1) is 0 Å². The molecule has 0 bridgehead atoms. The van der Waals surface area contributed by atoms with E-state index < -0.39 is 16.7 Å². The van der Waals surface area contributed by atoms with Crippen molar-refractivity contribution in [1.29, 1.82) is 0 Å².